The number of hydrogen-bond donors (Lipinski definition) is 2. The van der Waals surface area contributed by atoms with Gasteiger partial charge in [-0.3, -0.25) is 4.79 Å². The minimum Gasteiger partial charge on any atom is -0.481 e. The summed E-state index contributed by atoms with van der Waals surface area (Å²) < 4.78 is 10.6. The Bertz CT molecular complexity index is 193. The summed E-state index contributed by atoms with van der Waals surface area (Å²) in [5, 5.41) is 17.2. The van der Waals surface area contributed by atoms with Gasteiger partial charge in [0.2, 0.25) is 0 Å². The Labute approximate surface area is 76.3 Å². The Kier molecular flexibility index (Phi) is 3.24. The molecule has 76 valence electrons. The van der Waals surface area contributed by atoms with Crippen LogP contribution in [-0.2, 0) is 14.3 Å². The summed E-state index contributed by atoms with van der Waals surface area (Å²) in [6.45, 7) is 1.95. The van der Waals surface area contributed by atoms with E-state index in [0.717, 1.165) is 0 Å². The van der Waals surface area contributed by atoms with Crippen LogP contribution in [0, 0.1) is 0 Å². The first-order valence-electron chi connectivity index (χ1n) is 4.20. The maximum atomic E-state index is 10.3. The summed E-state index contributed by atoms with van der Waals surface area (Å²) in [5.41, 5.74) is 0. The van der Waals surface area contributed by atoms with Crippen molar-refractivity contribution in [2.75, 3.05) is 13.2 Å². The smallest absolute Gasteiger partial charge is 0.306 e. The molecular weight excluding hydrogens is 176 g/mol. The Balaban J connectivity index is 2.38. The van der Waals surface area contributed by atoms with Gasteiger partial charge >= 0.3 is 5.97 Å². The zero-order valence-electron chi connectivity index (χ0n) is 7.52. The minimum atomic E-state index is -0.901. The zero-order valence-corrected chi connectivity index (χ0v) is 7.52. The molecule has 0 amide bonds. The fourth-order valence-electron chi connectivity index (χ4n) is 1.32. The van der Waals surface area contributed by atoms with E-state index >= 15 is 0 Å². The third-order valence-corrected chi connectivity index (χ3v) is 1.96. The van der Waals surface area contributed by atoms with Crippen molar-refractivity contribution in [1.82, 2.24) is 0 Å². The Hall–Kier alpha value is -0.650. The molecule has 0 saturated carbocycles. The fraction of sp³-hybridized carbons (Fsp3) is 0.875. The van der Waals surface area contributed by atoms with Gasteiger partial charge in [-0.1, -0.05) is 0 Å². The predicted molar refractivity (Wildman–Crippen MR) is 43.2 cm³/mol. The topological polar surface area (TPSA) is 76.0 Å². The normalized spacial score (nSPS) is 33.5. The quantitative estimate of drug-likeness (QED) is 0.651. The van der Waals surface area contributed by atoms with Gasteiger partial charge in [0, 0.05) is 13.0 Å². The molecular formula is C8H14O5. The Morgan fingerprint density at radius 1 is 1.69 bits per heavy atom. The van der Waals surface area contributed by atoms with E-state index in [2.05, 4.69) is 0 Å². The van der Waals surface area contributed by atoms with Crippen molar-refractivity contribution in [1.29, 1.82) is 0 Å². The number of carboxylic acid groups (broad SMARTS) is 1. The number of aliphatic hydroxyl groups excluding tert-OH is 1. The summed E-state index contributed by atoms with van der Waals surface area (Å²) in [5.74, 6) is -1.71. The van der Waals surface area contributed by atoms with Crippen molar-refractivity contribution in [2.45, 2.75) is 31.7 Å². The van der Waals surface area contributed by atoms with E-state index in [-0.39, 0.29) is 19.6 Å². The van der Waals surface area contributed by atoms with E-state index in [0.29, 0.717) is 6.42 Å². The molecule has 1 saturated heterocycles. The molecule has 0 aromatic rings. The molecule has 1 heterocycles. The first-order chi connectivity index (χ1) is 6.06. The lowest BCUT2D eigenvalue weighted by molar-refractivity contribution is -0.166. The first kappa shape index (κ1) is 10.4. The van der Waals surface area contributed by atoms with E-state index in [1.165, 1.54) is 0 Å². The second kappa shape index (κ2) is 4.04. The SMILES string of the molecule is CC1(CCO)OCC(CC(=O)O)O1. The molecule has 0 spiro atoms. The summed E-state index contributed by atoms with van der Waals surface area (Å²) in [7, 11) is 0. The molecule has 2 unspecified atom stereocenters. The van der Waals surface area contributed by atoms with E-state index in [1.54, 1.807) is 6.92 Å². The predicted octanol–water partition coefficient (Wildman–Crippen LogP) is -0.0249. The van der Waals surface area contributed by atoms with Gasteiger partial charge in [0.15, 0.2) is 5.79 Å². The third kappa shape index (κ3) is 2.95. The van der Waals surface area contributed by atoms with Crippen LogP contribution in [0.5, 0.6) is 0 Å². The Morgan fingerprint density at radius 2 is 2.38 bits per heavy atom. The van der Waals surface area contributed by atoms with Crippen molar-refractivity contribution >= 4 is 5.97 Å². The number of rotatable bonds is 4. The van der Waals surface area contributed by atoms with E-state index in [4.69, 9.17) is 19.7 Å². The molecule has 0 aromatic carbocycles. The molecule has 2 N–H and O–H groups in total. The average Bonchev–Trinajstić information content (AvgIpc) is 2.31. The van der Waals surface area contributed by atoms with Gasteiger partial charge in [0.1, 0.15) is 0 Å². The second-order valence-electron chi connectivity index (χ2n) is 3.26. The van der Waals surface area contributed by atoms with Crippen LogP contribution in [0.25, 0.3) is 0 Å². The molecule has 5 nitrogen and oxygen atoms in total. The van der Waals surface area contributed by atoms with Gasteiger partial charge in [-0.2, -0.15) is 0 Å². The van der Waals surface area contributed by atoms with Gasteiger partial charge in [0.25, 0.3) is 0 Å². The molecule has 1 rings (SSSR count). The molecule has 2 atom stereocenters. The second-order valence-corrected chi connectivity index (χ2v) is 3.26. The highest BCUT2D eigenvalue weighted by Gasteiger charge is 2.37. The number of aliphatic carboxylic acids is 1. The van der Waals surface area contributed by atoms with Crippen molar-refractivity contribution in [3.05, 3.63) is 0 Å². The minimum absolute atomic E-state index is 0.0315. The third-order valence-electron chi connectivity index (χ3n) is 1.96. The van der Waals surface area contributed by atoms with Crippen molar-refractivity contribution < 1.29 is 24.5 Å². The molecule has 1 fully saturated rings. The summed E-state index contributed by atoms with van der Waals surface area (Å²) >= 11 is 0. The maximum absolute atomic E-state index is 10.3. The van der Waals surface area contributed by atoms with Crippen LogP contribution in [-0.4, -0.2) is 41.3 Å². The number of ether oxygens (including phenoxy) is 2. The molecule has 13 heavy (non-hydrogen) atoms. The lowest BCUT2D eigenvalue weighted by Gasteiger charge is -2.21. The number of aliphatic hydroxyl groups is 1. The Morgan fingerprint density at radius 3 is 2.92 bits per heavy atom. The lowest BCUT2D eigenvalue weighted by Crippen LogP contribution is -2.28. The first-order valence-corrected chi connectivity index (χ1v) is 4.20. The molecule has 1 aliphatic rings. The van der Waals surface area contributed by atoms with Crippen LogP contribution in [0.3, 0.4) is 0 Å². The van der Waals surface area contributed by atoms with Crippen LogP contribution in [0.2, 0.25) is 0 Å². The van der Waals surface area contributed by atoms with Gasteiger partial charge in [0.05, 0.1) is 19.1 Å². The molecule has 0 aromatic heterocycles. The largest absolute Gasteiger partial charge is 0.481 e. The van der Waals surface area contributed by atoms with Crippen LogP contribution < -0.4 is 0 Å². The lowest BCUT2D eigenvalue weighted by atomic mass is 10.2. The monoisotopic (exact) mass is 190 g/mol. The van der Waals surface area contributed by atoms with Crippen LogP contribution in [0.4, 0.5) is 0 Å². The standard InChI is InChI=1S/C8H14O5/c1-8(2-3-9)12-5-6(13-8)4-7(10)11/h6,9H,2-5H2,1H3,(H,10,11). The zero-order chi connectivity index (χ0) is 9.90. The fourth-order valence-corrected chi connectivity index (χ4v) is 1.32. The molecule has 0 aliphatic carbocycles. The summed E-state index contributed by atoms with van der Waals surface area (Å²) in [4.78, 5) is 10.3. The number of carboxylic acids is 1. The van der Waals surface area contributed by atoms with E-state index in [1.807, 2.05) is 0 Å². The number of hydrogen-bond acceptors (Lipinski definition) is 4. The summed E-state index contributed by atoms with van der Waals surface area (Å²) in [6, 6.07) is 0. The number of carbonyl (C=O) groups is 1. The van der Waals surface area contributed by atoms with Crippen molar-refractivity contribution in [2.24, 2.45) is 0 Å². The van der Waals surface area contributed by atoms with Crippen molar-refractivity contribution in [3.63, 3.8) is 0 Å². The molecule has 0 bridgehead atoms. The maximum Gasteiger partial charge on any atom is 0.306 e. The summed E-state index contributed by atoms with van der Waals surface area (Å²) in [6.07, 6.45) is -0.0847. The average molecular weight is 190 g/mol. The van der Waals surface area contributed by atoms with Gasteiger partial charge in [-0.05, 0) is 6.92 Å². The molecule has 1 aliphatic heterocycles. The van der Waals surface area contributed by atoms with Crippen LogP contribution >= 0.6 is 0 Å². The molecule has 0 radical (unpaired) electrons. The van der Waals surface area contributed by atoms with Gasteiger partial charge in [-0.25, -0.2) is 0 Å². The highest BCUT2D eigenvalue weighted by atomic mass is 16.7. The highest BCUT2D eigenvalue weighted by molar-refractivity contribution is 5.67. The van der Waals surface area contributed by atoms with E-state index in [9.17, 15) is 4.79 Å². The van der Waals surface area contributed by atoms with Crippen LogP contribution in [0.1, 0.15) is 19.8 Å². The van der Waals surface area contributed by atoms with E-state index < -0.39 is 17.9 Å². The van der Waals surface area contributed by atoms with Crippen molar-refractivity contribution in [3.8, 4) is 0 Å². The van der Waals surface area contributed by atoms with Gasteiger partial charge in [-0.15, -0.1) is 0 Å². The van der Waals surface area contributed by atoms with Gasteiger partial charge < -0.3 is 19.7 Å². The van der Waals surface area contributed by atoms with Crippen LogP contribution in [0.15, 0.2) is 0 Å². The molecule has 5 heteroatoms. The highest BCUT2D eigenvalue weighted by Crippen LogP contribution is 2.27.